The average molecular weight is 394 g/mol. The highest BCUT2D eigenvalue weighted by Crippen LogP contribution is 2.35. The largest absolute Gasteiger partial charge is 0.381 e. The van der Waals surface area contributed by atoms with Crippen LogP contribution >= 0.6 is 0 Å². The number of benzene rings is 2. The van der Waals surface area contributed by atoms with Crippen LogP contribution in [0.25, 0.3) is 0 Å². The molecule has 1 saturated heterocycles. The van der Waals surface area contributed by atoms with Crippen LogP contribution in [0.1, 0.15) is 43.5 Å². The van der Waals surface area contributed by atoms with Gasteiger partial charge in [-0.3, -0.25) is 9.59 Å². The van der Waals surface area contributed by atoms with E-state index in [1.807, 2.05) is 65.6 Å². The number of anilines is 1. The Kier molecular flexibility index (Phi) is 6.91. The number of amides is 2. The van der Waals surface area contributed by atoms with Crippen molar-refractivity contribution >= 4 is 17.5 Å². The number of rotatable bonds is 7. The second kappa shape index (κ2) is 9.59. The van der Waals surface area contributed by atoms with Gasteiger partial charge in [0.15, 0.2) is 0 Å². The number of nitrogens with zero attached hydrogens (tertiary/aromatic N) is 1. The molecule has 1 aliphatic heterocycles. The molecule has 5 nitrogen and oxygen atoms in total. The van der Waals surface area contributed by atoms with Crippen LogP contribution in [0.3, 0.4) is 0 Å². The molecule has 2 amide bonds. The Morgan fingerprint density at radius 2 is 1.59 bits per heavy atom. The maximum atomic E-state index is 13.0. The van der Waals surface area contributed by atoms with E-state index < -0.39 is 0 Å². The maximum absolute atomic E-state index is 13.0. The quantitative estimate of drug-likeness (QED) is 0.749. The molecule has 3 rings (SSSR count). The average Bonchev–Trinajstić information content (AvgIpc) is 2.78. The summed E-state index contributed by atoms with van der Waals surface area (Å²) in [6.07, 6.45) is 2.19. The number of para-hydroxylation sites is 1. The first-order valence-corrected chi connectivity index (χ1v) is 10.5. The summed E-state index contributed by atoms with van der Waals surface area (Å²) in [5.74, 6) is 0.157. The summed E-state index contributed by atoms with van der Waals surface area (Å²) in [7, 11) is 0. The standard InChI is InChI=1S/C24H31N3O2/c1-3-24(23(29)25-18-19(2)26-21-12-8-5-9-13-21)14-16-27(17-15-24)22(28)20-10-6-4-7-11-20/h4-13,19,26H,3,14-18H2,1-2H3,(H,25,29)/t19-/m0/s1. The van der Waals surface area contributed by atoms with Gasteiger partial charge >= 0.3 is 0 Å². The predicted molar refractivity (Wildman–Crippen MR) is 117 cm³/mol. The Morgan fingerprint density at radius 1 is 1.00 bits per heavy atom. The van der Waals surface area contributed by atoms with Gasteiger partial charge in [-0.15, -0.1) is 0 Å². The van der Waals surface area contributed by atoms with Crippen molar-refractivity contribution in [2.45, 2.75) is 39.2 Å². The Morgan fingerprint density at radius 3 is 2.17 bits per heavy atom. The van der Waals surface area contributed by atoms with Crippen molar-refractivity contribution in [1.29, 1.82) is 0 Å². The van der Waals surface area contributed by atoms with Crippen LogP contribution in [0.5, 0.6) is 0 Å². The number of hydrogen-bond acceptors (Lipinski definition) is 3. The maximum Gasteiger partial charge on any atom is 0.253 e. The molecule has 29 heavy (non-hydrogen) atoms. The van der Waals surface area contributed by atoms with Crippen molar-refractivity contribution in [3.05, 3.63) is 66.2 Å². The summed E-state index contributed by atoms with van der Waals surface area (Å²) in [4.78, 5) is 27.6. The van der Waals surface area contributed by atoms with Crippen molar-refractivity contribution in [1.82, 2.24) is 10.2 Å². The normalized spacial score (nSPS) is 16.7. The van der Waals surface area contributed by atoms with Gasteiger partial charge in [-0.2, -0.15) is 0 Å². The van der Waals surface area contributed by atoms with Crippen LogP contribution < -0.4 is 10.6 Å². The monoisotopic (exact) mass is 393 g/mol. The molecule has 0 aliphatic carbocycles. The number of piperidine rings is 1. The summed E-state index contributed by atoms with van der Waals surface area (Å²) in [5, 5.41) is 6.54. The van der Waals surface area contributed by atoms with Crippen LogP contribution in [0.2, 0.25) is 0 Å². The molecule has 2 N–H and O–H groups in total. The van der Waals surface area contributed by atoms with Gasteiger partial charge < -0.3 is 15.5 Å². The van der Waals surface area contributed by atoms with Gasteiger partial charge in [0, 0.05) is 36.9 Å². The second-order valence-electron chi connectivity index (χ2n) is 7.91. The first-order chi connectivity index (χ1) is 14.0. The molecule has 0 unspecified atom stereocenters. The molecule has 0 aromatic heterocycles. The fourth-order valence-corrected chi connectivity index (χ4v) is 3.95. The van der Waals surface area contributed by atoms with Crippen LogP contribution in [0, 0.1) is 5.41 Å². The smallest absolute Gasteiger partial charge is 0.253 e. The third kappa shape index (κ3) is 5.17. The van der Waals surface area contributed by atoms with Crippen molar-refractivity contribution in [2.24, 2.45) is 5.41 Å². The number of likely N-dealkylation sites (tertiary alicyclic amines) is 1. The van der Waals surface area contributed by atoms with Gasteiger partial charge in [-0.05, 0) is 50.5 Å². The minimum absolute atomic E-state index is 0.0522. The Balaban J connectivity index is 1.52. The van der Waals surface area contributed by atoms with E-state index >= 15 is 0 Å². The molecule has 1 heterocycles. The molecule has 0 spiro atoms. The predicted octanol–water partition coefficient (Wildman–Crippen LogP) is 3.94. The third-order valence-electron chi connectivity index (χ3n) is 5.94. The summed E-state index contributed by atoms with van der Waals surface area (Å²) >= 11 is 0. The Hall–Kier alpha value is -2.82. The Bertz CT molecular complexity index is 799. The van der Waals surface area contributed by atoms with E-state index in [-0.39, 0.29) is 23.3 Å². The summed E-state index contributed by atoms with van der Waals surface area (Å²) in [5.41, 5.74) is 1.37. The van der Waals surface area contributed by atoms with Gasteiger partial charge in [0.25, 0.3) is 5.91 Å². The van der Waals surface area contributed by atoms with E-state index in [0.29, 0.717) is 38.0 Å². The van der Waals surface area contributed by atoms with E-state index in [1.165, 1.54) is 0 Å². The number of nitrogens with one attached hydrogen (secondary N) is 2. The van der Waals surface area contributed by atoms with Gasteiger partial charge in [0.05, 0.1) is 5.41 Å². The molecule has 1 atom stereocenters. The first kappa shape index (κ1) is 20.9. The highest BCUT2D eigenvalue weighted by Gasteiger charge is 2.40. The number of carbonyl (C=O) groups excluding carboxylic acids is 2. The summed E-state index contributed by atoms with van der Waals surface area (Å²) in [6.45, 7) is 5.94. The minimum Gasteiger partial charge on any atom is -0.381 e. The zero-order valence-electron chi connectivity index (χ0n) is 17.4. The molecule has 0 radical (unpaired) electrons. The molecular formula is C24H31N3O2. The summed E-state index contributed by atoms with van der Waals surface area (Å²) < 4.78 is 0. The van der Waals surface area contributed by atoms with Crippen molar-refractivity contribution in [3.8, 4) is 0 Å². The van der Waals surface area contributed by atoms with Crippen LogP contribution in [-0.2, 0) is 4.79 Å². The molecule has 1 fully saturated rings. The highest BCUT2D eigenvalue weighted by molar-refractivity contribution is 5.94. The van der Waals surface area contributed by atoms with Crippen molar-refractivity contribution in [2.75, 3.05) is 25.0 Å². The Labute approximate surface area is 173 Å². The van der Waals surface area contributed by atoms with Gasteiger partial charge in [-0.1, -0.05) is 43.3 Å². The topological polar surface area (TPSA) is 61.4 Å². The minimum atomic E-state index is -0.389. The summed E-state index contributed by atoms with van der Waals surface area (Å²) in [6, 6.07) is 19.5. The SMILES string of the molecule is CCC1(C(=O)NC[C@H](C)Nc2ccccc2)CCN(C(=O)c2ccccc2)CC1. The molecule has 5 heteroatoms. The first-order valence-electron chi connectivity index (χ1n) is 10.5. The van der Waals surface area contributed by atoms with E-state index in [9.17, 15) is 9.59 Å². The zero-order valence-corrected chi connectivity index (χ0v) is 17.4. The van der Waals surface area contributed by atoms with Gasteiger partial charge in [0.2, 0.25) is 5.91 Å². The number of hydrogen-bond donors (Lipinski definition) is 2. The third-order valence-corrected chi connectivity index (χ3v) is 5.94. The molecule has 1 aliphatic rings. The van der Waals surface area contributed by atoms with E-state index in [2.05, 4.69) is 24.5 Å². The zero-order chi connectivity index (χ0) is 20.7. The fraction of sp³-hybridized carbons (Fsp3) is 0.417. The lowest BCUT2D eigenvalue weighted by Crippen LogP contribution is -2.51. The molecule has 154 valence electrons. The van der Waals surface area contributed by atoms with Crippen LogP contribution in [0.4, 0.5) is 5.69 Å². The highest BCUT2D eigenvalue weighted by atomic mass is 16.2. The van der Waals surface area contributed by atoms with Gasteiger partial charge in [0.1, 0.15) is 0 Å². The molecular weight excluding hydrogens is 362 g/mol. The van der Waals surface area contributed by atoms with Gasteiger partial charge in [-0.25, -0.2) is 0 Å². The van der Waals surface area contributed by atoms with Crippen molar-refractivity contribution in [3.63, 3.8) is 0 Å². The lowest BCUT2D eigenvalue weighted by Gasteiger charge is -2.40. The fourth-order valence-electron chi connectivity index (χ4n) is 3.95. The van der Waals surface area contributed by atoms with E-state index in [1.54, 1.807) is 0 Å². The second-order valence-corrected chi connectivity index (χ2v) is 7.91. The molecule has 0 saturated carbocycles. The van der Waals surface area contributed by atoms with Crippen LogP contribution in [0.15, 0.2) is 60.7 Å². The molecule has 0 bridgehead atoms. The van der Waals surface area contributed by atoms with E-state index in [4.69, 9.17) is 0 Å². The molecule has 2 aromatic carbocycles. The number of carbonyl (C=O) groups is 2. The molecule has 2 aromatic rings. The lowest BCUT2D eigenvalue weighted by atomic mass is 9.75. The van der Waals surface area contributed by atoms with Crippen LogP contribution in [-0.4, -0.2) is 42.4 Å². The van der Waals surface area contributed by atoms with Crippen molar-refractivity contribution < 1.29 is 9.59 Å². The van der Waals surface area contributed by atoms with E-state index in [0.717, 1.165) is 12.1 Å². The lowest BCUT2D eigenvalue weighted by molar-refractivity contribution is -0.133.